The quantitative estimate of drug-likeness (QED) is 0.746. The van der Waals surface area contributed by atoms with Crippen LogP contribution in [0.15, 0.2) is 36.4 Å². The van der Waals surface area contributed by atoms with Crippen LogP contribution in [0.5, 0.6) is 11.5 Å². The topological polar surface area (TPSA) is 18.5 Å². The number of halogens is 1. The first-order valence-electron chi connectivity index (χ1n) is 5.40. The molecule has 0 saturated carbocycles. The van der Waals surface area contributed by atoms with E-state index < -0.39 is 0 Å². The third-order valence-electron chi connectivity index (χ3n) is 2.88. The zero-order chi connectivity index (χ0) is 11.8. The Balaban J connectivity index is 2.12. The average Bonchev–Trinajstić information content (AvgIpc) is 2.79. The molecular weight excluding hydrogens is 219 g/mol. The van der Waals surface area contributed by atoms with Gasteiger partial charge in [0.15, 0.2) is 11.5 Å². The predicted molar refractivity (Wildman–Crippen MR) is 62.7 cm³/mol. The van der Waals surface area contributed by atoms with Gasteiger partial charge < -0.3 is 9.47 Å². The molecule has 2 aromatic rings. The summed E-state index contributed by atoms with van der Waals surface area (Å²) in [5, 5.41) is 0. The Bertz CT molecular complexity index is 578. The van der Waals surface area contributed by atoms with Gasteiger partial charge in [0.05, 0.1) is 0 Å². The number of benzene rings is 2. The van der Waals surface area contributed by atoms with Gasteiger partial charge in [0.1, 0.15) is 5.82 Å². The second-order valence-electron chi connectivity index (χ2n) is 4.03. The zero-order valence-corrected chi connectivity index (χ0v) is 9.37. The van der Waals surface area contributed by atoms with Crippen molar-refractivity contribution < 1.29 is 13.9 Å². The molecule has 0 bridgehead atoms. The molecule has 0 saturated heterocycles. The largest absolute Gasteiger partial charge is 0.454 e. The van der Waals surface area contributed by atoms with Crippen LogP contribution in [0.2, 0.25) is 0 Å². The lowest BCUT2D eigenvalue weighted by Gasteiger charge is -2.07. The molecule has 3 heteroatoms. The Morgan fingerprint density at radius 3 is 2.71 bits per heavy atom. The van der Waals surface area contributed by atoms with Crippen LogP contribution in [-0.4, -0.2) is 6.79 Å². The minimum absolute atomic E-state index is 0.233. The first-order valence-corrected chi connectivity index (χ1v) is 5.40. The molecule has 0 aliphatic carbocycles. The minimum Gasteiger partial charge on any atom is -0.454 e. The molecule has 2 aromatic carbocycles. The highest BCUT2D eigenvalue weighted by Crippen LogP contribution is 2.36. The summed E-state index contributed by atoms with van der Waals surface area (Å²) in [4.78, 5) is 0. The van der Waals surface area contributed by atoms with Gasteiger partial charge in [-0.25, -0.2) is 4.39 Å². The van der Waals surface area contributed by atoms with Crippen molar-refractivity contribution in [3.63, 3.8) is 0 Å². The molecule has 17 heavy (non-hydrogen) atoms. The van der Waals surface area contributed by atoms with E-state index in [1.54, 1.807) is 6.07 Å². The highest BCUT2D eigenvalue weighted by Gasteiger charge is 2.14. The van der Waals surface area contributed by atoms with Crippen molar-refractivity contribution in [1.82, 2.24) is 0 Å². The van der Waals surface area contributed by atoms with Gasteiger partial charge in [-0.3, -0.25) is 0 Å². The van der Waals surface area contributed by atoms with Crippen molar-refractivity contribution >= 4 is 0 Å². The minimum atomic E-state index is -0.233. The van der Waals surface area contributed by atoms with Crippen LogP contribution in [-0.2, 0) is 0 Å². The highest BCUT2D eigenvalue weighted by molar-refractivity contribution is 5.70. The number of hydrogen-bond acceptors (Lipinski definition) is 2. The smallest absolute Gasteiger partial charge is 0.231 e. The molecule has 86 valence electrons. The summed E-state index contributed by atoms with van der Waals surface area (Å²) in [6, 6.07) is 10.4. The van der Waals surface area contributed by atoms with Crippen LogP contribution in [0.3, 0.4) is 0 Å². The summed E-state index contributed by atoms with van der Waals surface area (Å²) in [5.41, 5.74) is 2.85. The van der Waals surface area contributed by atoms with Crippen molar-refractivity contribution in [3.8, 4) is 22.6 Å². The molecule has 0 N–H and O–H groups in total. The van der Waals surface area contributed by atoms with Gasteiger partial charge in [-0.05, 0) is 47.9 Å². The Kier molecular flexibility index (Phi) is 2.25. The van der Waals surface area contributed by atoms with Crippen LogP contribution in [0.4, 0.5) is 4.39 Å². The van der Waals surface area contributed by atoms with E-state index in [0.29, 0.717) is 5.75 Å². The molecule has 0 spiro atoms. The number of ether oxygens (including phenoxy) is 2. The Labute approximate surface area is 98.6 Å². The summed E-state index contributed by atoms with van der Waals surface area (Å²) in [6.07, 6.45) is 0. The van der Waals surface area contributed by atoms with Gasteiger partial charge in [0.2, 0.25) is 6.79 Å². The molecule has 0 radical (unpaired) electrons. The Morgan fingerprint density at radius 1 is 1.00 bits per heavy atom. The summed E-state index contributed by atoms with van der Waals surface area (Å²) >= 11 is 0. The summed E-state index contributed by atoms with van der Waals surface area (Å²) < 4.78 is 23.8. The maximum Gasteiger partial charge on any atom is 0.231 e. The van der Waals surface area contributed by atoms with E-state index in [0.717, 1.165) is 22.4 Å². The van der Waals surface area contributed by atoms with Crippen molar-refractivity contribution in [2.45, 2.75) is 6.92 Å². The van der Waals surface area contributed by atoms with Crippen LogP contribution >= 0.6 is 0 Å². The monoisotopic (exact) mass is 230 g/mol. The zero-order valence-electron chi connectivity index (χ0n) is 9.37. The number of aryl methyl sites for hydroxylation is 1. The maximum atomic E-state index is 13.3. The average molecular weight is 230 g/mol. The molecule has 1 aliphatic heterocycles. The molecule has 0 atom stereocenters. The lowest BCUT2D eigenvalue weighted by atomic mass is 10.00. The van der Waals surface area contributed by atoms with E-state index >= 15 is 0 Å². The van der Waals surface area contributed by atoms with E-state index in [1.807, 2.05) is 25.1 Å². The third-order valence-corrected chi connectivity index (χ3v) is 2.88. The van der Waals surface area contributed by atoms with E-state index in [-0.39, 0.29) is 12.6 Å². The number of rotatable bonds is 1. The SMILES string of the molecule is Cc1ccc(F)cc1-c1ccc2c(c1)OCO2. The Morgan fingerprint density at radius 2 is 1.82 bits per heavy atom. The summed E-state index contributed by atoms with van der Waals surface area (Å²) in [6.45, 7) is 2.21. The van der Waals surface area contributed by atoms with Gasteiger partial charge in [-0.2, -0.15) is 0 Å². The highest BCUT2D eigenvalue weighted by atomic mass is 19.1. The summed E-state index contributed by atoms with van der Waals surface area (Å²) in [7, 11) is 0. The summed E-state index contributed by atoms with van der Waals surface area (Å²) in [5.74, 6) is 1.22. The first-order chi connectivity index (χ1) is 8.24. The van der Waals surface area contributed by atoms with Gasteiger partial charge in [0, 0.05) is 0 Å². The Hall–Kier alpha value is -2.03. The van der Waals surface area contributed by atoms with Gasteiger partial charge in [-0.1, -0.05) is 12.1 Å². The second kappa shape index (κ2) is 3.77. The normalized spacial score (nSPS) is 12.8. The van der Waals surface area contributed by atoms with Gasteiger partial charge in [-0.15, -0.1) is 0 Å². The first kappa shape index (κ1) is 10.1. The van der Waals surface area contributed by atoms with E-state index in [4.69, 9.17) is 9.47 Å². The predicted octanol–water partition coefficient (Wildman–Crippen LogP) is 3.53. The van der Waals surface area contributed by atoms with Crippen LogP contribution in [0.1, 0.15) is 5.56 Å². The van der Waals surface area contributed by atoms with Crippen molar-refractivity contribution in [2.75, 3.05) is 6.79 Å². The maximum absolute atomic E-state index is 13.3. The van der Waals surface area contributed by atoms with Gasteiger partial charge >= 0.3 is 0 Å². The number of fused-ring (bicyclic) bond motifs is 1. The second-order valence-corrected chi connectivity index (χ2v) is 4.03. The van der Waals surface area contributed by atoms with E-state index in [1.165, 1.54) is 12.1 Å². The molecule has 0 unspecified atom stereocenters. The van der Waals surface area contributed by atoms with E-state index in [2.05, 4.69) is 0 Å². The van der Waals surface area contributed by atoms with Crippen molar-refractivity contribution in [1.29, 1.82) is 0 Å². The molecule has 0 amide bonds. The van der Waals surface area contributed by atoms with Crippen molar-refractivity contribution in [2.24, 2.45) is 0 Å². The molecule has 2 nitrogen and oxygen atoms in total. The molecule has 1 aliphatic rings. The van der Waals surface area contributed by atoms with E-state index in [9.17, 15) is 4.39 Å². The van der Waals surface area contributed by atoms with Crippen LogP contribution < -0.4 is 9.47 Å². The van der Waals surface area contributed by atoms with Gasteiger partial charge in [0.25, 0.3) is 0 Å². The fourth-order valence-electron chi connectivity index (χ4n) is 1.97. The lowest BCUT2D eigenvalue weighted by molar-refractivity contribution is 0.174. The van der Waals surface area contributed by atoms with Crippen LogP contribution in [0.25, 0.3) is 11.1 Å². The molecule has 3 rings (SSSR count). The van der Waals surface area contributed by atoms with Crippen LogP contribution in [0, 0.1) is 12.7 Å². The molecule has 0 aromatic heterocycles. The fourth-order valence-corrected chi connectivity index (χ4v) is 1.97. The standard InChI is InChI=1S/C14H11FO2/c1-9-2-4-11(15)7-12(9)10-3-5-13-14(6-10)17-8-16-13/h2-7H,8H2,1H3. The molecule has 0 fully saturated rings. The number of hydrogen-bond donors (Lipinski definition) is 0. The molecule has 1 heterocycles. The molecular formula is C14H11FO2. The lowest BCUT2D eigenvalue weighted by Crippen LogP contribution is -1.92. The van der Waals surface area contributed by atoms with Crippen molar-refractivity contribution in [3.05, 3.63) is 47.8 Å². The fraction of sp³-hybridized carbons (Fsp3) is 0.143. The third kappa shape index (κ3) is 1.73.